The first kappa shape index (κ1) is 9.34. The van der Waals surface area contributed by atoms with E-state index in [1.165, 1.54) is 10.7 Å². The molecule has 0 aromatic carbocycles. The van der Waals surface area contributed by atoms with Crippen molar-refractivity contribution in [3.05, 3.63) is 29.2 Å². The molecule has 0 aliphatic heterocycles. The largest absolute Gasteiger partial charge is 0.446 e. The Morgan fingerprint density at radius 3 is 3.00 bits per heavy atom. The first-order valence-corrected chi connectivity index (χ1v) is 5.25. The van der Waals surface area contributed by atoms with Crippen LogP contribution in [-0.2, 0) is 0 Å². The molecule has 3 rings (SSSR count). The molecule has 3 aromatic rings. The summed E-state index contributed by atoms with van der Waals surface area (Å²) in [4.78, 5) is 8.25. The van der Waals surface area contributed by atoms with Crippen molar-refractivity contribution in [2.75, 3.05) is 5.73 Å². The van der Waals surface area contributed by atoms with E-state index in [9.17, 15) is 0 Å². The molecule has 16 heavy (non-hydrogen) atoms. The van der Waals surface area contributed by atoms with Gasteiger partial charge in [-0.05, 0) is 28.1 Å². The summed E-state index contributed by atoms with van der Waals surface area (Å²) in [5, 5.41) is 4.21. The van der Waals surface area contributed by atoms with Crippen molar-refractivity contribution in [1.29, 1.82) is 0 Å². The molecule has 0 saturated carbocycles. The Morgan fingerprint density at radius 2 is 2.25 bits per heavy atom. The van der Waals surface area contributed by atoms with Crippen LogP contribution in [0.5, 0.6) is 0 Å². The fourth-order valence-electron chi connectivity index (χ4n) is 1.34. The Morgan fingerprint density at radius 1 is 1.38 bits per heavy atom. The number of halogens is 1. The summed E-state index contributed by atoms with van der Waals surface area (Å²) in [5.41, 5.74) is 6.13. The van der Waals surface area contributed by atoms with E-state index >= 15 is 0 Å². The van der Waals surface area contributed by atoms with Crippen LogP contribution in [0.3, 0.4) is 0 Å². The van der Waals surface area contributed by atoms with Gasteiger partial charge in [-0.3, -0.25) is 0 Å². The number of aromatic nitrogens is 4. The third-order valence-corrected chi connectivity index (χ3v) is 2.43. The van der Waals surface area contributed by atoms with E-state index < -0.39 is 0 Å². The maximum absolute atomic E-state index is 5.59. The molecule has 6 nitrogen and oxygen atoms in total. The molecule has 3 aromatic heterocycles. The van der Waals surface area contributed by atoms with Gasteiger partial charge in [0.05, 0.1) is 18.1 Å². The highest BCUT2D eigenvalue weighted by molar-refractivity contribution is 9.10. The number of rotatable bonds is 1. The van der Waals surface area contributed by atoms with Gasteiger partial charge in [0.1, 0.15) is 0 Å². The fourth-order valence-corrected chi connectivity index (χ4v) is 1.64. The number of fused-ring (bicyclic) bond motifs is 1. The summed E-state index contributed by atoms with van der Waals surface area (Å²) in [5.74, 6) is 1.54. The van der Waals surface area contributed by atoms with Crippen LogP contribution in [0.15, 0.2) is 33.6 Å². The lowest BCUT2D eigenvalue weighted by Gasteiger charge is -1.90. The molecule has 0 aliphatic carbocycles. The highest BCUT2D eigenvalue weighted by Crippen LogP contribution is 2.22. The smallest absolute Gasteiger partial charge is 0.252 e. The molecule has 3 heterocycles. The maximum atomic E-state index is 5.59. The van der Waals surface area contributed by atoms with Crippen molar-refractivity contribution in [3.8, 4) is 11.6 Å². The molecule has 2 N–H and O–H groups in total. The van der Waals surface area contributed by atoms with E-state index in [1.54, 1.807) is 18.3 Å². The Hall–Kier alpha value is -1.89. The Bertz CT molecular complexity index is 659. The van der Waals surface area contributed by atoms with Gasteiger partial charge in [0.25, 0.3) is 5.78 Å². The molecule has 0 radical (unpaired) electrons. The molecule has 80 valence electrons. The van der Waals surface area contributed by atoms with E-state index in [2.05, 4.69) is 31.0 Å². The van der Waals surface area contributed by atoms with Gasteiger partial charge in [0, 0.05) is 0 Å². The lowest BCUT2D eigenvalue weighted by Crippen LogP contribution is -1.94. The summed E-state index contributed by atoms with van der Waals surface area (Å²) in [6.07, 6.45) is 3.18. The SMILES string of the molecule is Nc1cnc2nc(-c3ccc(Br)o3)nn2c1. The first-order chi connectivity index (χ1) is 7.72. The number of furan rings is 1. The number of hydrogen-bond donors (Lipinski definition) is 1. The molecule has 0 bridgehead atoms. The highest BCUT2D eigenvalue weighted by Gasteiger charge is 2.10. The van der Waals surface area contributed by atoms with Crippen molar-refractivity contribution in [3.63, 3.8) is 0 Å². The lowest BCUT2D eigenvalue weighted by atomic mass is 10.4. The molecule has 0 fully saturated rings. The lowest BCUT2D eigenvalue weighted by molar-refractivity contribution is 0.551. The average molecular weight is 280 g/mol. The zero-order valence-corrected chi connectivity index (χ0v) is 9.55. The van der Waals surface area contributed by atoms with Crippen molar-refractivity contribution in [2.45, 2.75) is 0 Å². The van der Waals surface area contributed by atoms with Gasteiger partial charge in [0.15, 0.2) is 10.4 Å². The van der Waals surface area contributed by atoms with Crippen LogP contribution in [0.1, 0.15) is 0 Å². The minimum Gasteiger partial charge on any atom is -0.446 e. The third-order valence-electron chi connectivity index (χ3n) is 2.01. The molecule has 0 amide bonds. The molecule has 7 heteroatoms. The van der Waals surface area contributed by atoms with Crippen molar-refractivity contribution in [2.24, 2.45) is 0 Å². The second kappa shape index (κ2) is 3.31. The van der Waals surface area contributed by atoms with Crippen LogP contribution in [0.25, 0.3) is 17.4 Å². The average Bonchev–Trinajstić information content (AvgIpc) is 2.83. The molecular formula is C9H6BrN5O. The van der Waals surface area contributed by atoms with Crippen LogP contribution in [0, 0.1) is 0 Å². The second-order valence-corrected chi connectivity index (χ2v) is 3.95. The summed E-state index contributed by atoms with van der Waals surface area (Å²) >= 11 is 3.22. The Kier molecular flexibility index (Phi) is 1.93. The van der Waals surface area contributed by atoms with Crippen LogP contribution >= 0.6 is 15.9 Å². The normalized spacial score (nSPS) is 11.1. The molecule has 0 unspecified atom stereocenters. The second-order valence-electron chi connectivity index (χ2n) is 3.17. The summed E-state index contributed by atoms with van der Waals surface area (Å²) in [6.45, 7) is 0. The number of nitrogen functional groups attached to an aromatic ring is 1. The van der Waals surface area contributed by atoms with Gasteiger partial charge in [-0.2, -0.15) is 4.98 Å². The van der Waals surface area contributed by atoms with Crippen LogP contribution in [0.2, 0.25) is 0 Å². The summed E-state index contributed by atoms with van der Waals surface area (Å²) < 4.78 is 7.50. The van der Waals surface area contributed by atoms with Gasteiger partial charge in [-0.25, -0.2) is 9.50 Å². The van der Waals surface area contributed by atoms with Gasteiger partial charge in [-0.15, -0.1) is 5.10 Å². The van der Waals surface area contributed by atoms with E-state index in [1.807, 2.05) is 0 Å². The van der Waals surface area contributed by atoms with E-state index in [-0.39, 0.29) is 0 Å². The first-order valence-electron chi connectivity index (χ1n) is 4.46. The number of hydrogen-bond acceptors (Lipinski definition) is 5. The number of nitrogens with zero attached hydrogens (tertiary/aromatic N) is 4. The van der Waals surface area contributed by atoms with Gasteiger partial charge in [-0.1, -0.05) is 0 Å². The number of nitrogens with two attached hydrogens (primary N) is 1. The van der Waals surface area contributed by atoms with Gasteiger partial charge >= 0.3 is 0 Å². The Balaban J connectivity index is 2.18. The van der Waals surface area contributed by atoms with E-state index in [0.717, 1.165) is 0 Å². The highest BCUT2D eigenvalue weighted by atomic mass is 79.9. The number of anilines is 1. The monoisotopic (exact) mass is 279 g/mol. The molecule has 0 aliphatic rings. The predicted octanol–water partition coefficient (Wildman–Crippen LogP) is 1.73. The molecular weight excluding hydrogens is 274 g/mol. The molecule has 0 saturated heterocycles. The van der Waals surface area contributed by atoms with E-state index in [0.29, 0.717) is 27.7 Å². The van der Waals surface area contributed by atoms with Gasteiger partial charge < -0.3 is 10.2 Å². The zero-order valence-electron chi connectivity index (χ0n) is 7.96. The predicted molar refractivity (Wildman–Crippen MR) is 60.6 cm³/mol. The van der Waals surface area contributed by atoms with Crippen molar-refractivity contribution in [1.82, 2.24) is 19.6 Å². The summed E-state index contributed by atoms with van der Waals surface area (Å²) in [6, 6.07) is 3.56. The van der Waals surface area contributed by atoms with Crippen LogP contribution in [-0.4, -0.2) is 19.6 Å². The van der Waals surface area contributed by atoms with Gasteiger partial charge in [0.2, 0.25) is 5.82 Å². The fraction of sp³-hybridized carbons (Fsp3) is 0. The van der Waals surface area contributed by atoms with Crippen LogP contribution in [0.4, 0.5) is 5.69 Å². The summed E-state index contributed by atoms with van der Waals surface area (Å²) in [7, 11) is 0. The zero-order chi connectivity index (χ0) is 11.1. The molecule has 0 spiro atoms. The van der Waals surface area contributed by atoms with Crippen molar-refractivity contribution < 1.29 is 4.42 Å². The minimum atomic E-state index is 0.476. The third kappa shape index (κ3) is 1.45. The molecule has 0 atom stereocenters. The standard InChI is InChI=1S/C9H6BrN5O/c10-7-2-1-6(16-7)8-13-9-12-3-5(11)4-15(9)14-8/h1-4H,11H2. The topological polar surface area (TPSA) is 82.2 Å². The quantitative estimate of drug-likeness (QED) is 0.734. The maximum Gasteiger partial charge on any atom is 0.252 e. The van der Waals surface area contributed by atoms with Crippen LogP contribution < -0.4 is 5.73 Å². The van der Waals surface area contributed by atoms with Crippen molar-refractivity contribution >= 4 is 27.4 Å². The minimum absolute atomic E-state index is 0.476. The van der Waals surface area contributed by atoms with E-state index in [4.69, 9.17) is 10.2 Å². The Labute approximate surface area is 98.2 Å².